The minimum absolute atomic E-state index is 0.555. The number of rotatable bonds is 2. The molecule has 0 aromatic carbocycles. The number of hydrogen-bond donors (Lipinski definition) is 1. The van der Waals surface area contributed by atoms with Crippen LogP contribution in [-0.4, -0.2) is 22.5 Å². The largest absolute Gasteiger partial charge is 0.432 e. The van der Waals surface area contributed by atoms with E-state index >= 15 is 0 Å². The Labute approximate surface area is 82.3 Å². The molecule has 1 aromatic rings. The number of aryl methyl sites for hydroxylation is 1. The van der Waals surface area contributed by atoms with Gasteiger partial charge in [-0.05, 0) is 31.3 Å². The van der Waals surface area contributed by atoms with Gasteiger partial charge < -0.3 is 9.73 Å². The van der Waals surface area contributed by atoms with Crippen LogP contribution in [0.4, 0.5) is 6.01 Å². The molecule has 0 unspecified atom stereocenters. The average Bonchev–Trinajstić information content (AvgIpc) is 2.53. The summed E-state index contributed by atoms with van der Waals surface area (Å²) in [4.78, 5) is 4.22. The highest BCUT2D eigenvalue weighted by Gasteiger charge is 2.14. The van der Waals surface area contributed by atoms with E-state index in [-0.39, 0.29) is 0 Å². The highest BCUT2D eigenvalue weighted by Crippen LogP contribution is 2.20. The number of nitrogens with one attached hydrogen (secondary N) is 1. The molecule has 1 aromatic heterocycles. The summed E-state index contributed by atoms with van der Waals surface area (Å²) in [5.41, 5.74) is 0.938. The average molecular weight is 198 g/mol. The van der Waals surface area contributed by atoms with E-state index in [0.717, 1.165) is 5.69 Å². The molecule has 2 heterocycles. The van der Waals surface area contributed by atoms with Crippen LogP contribution in [0.3, 0.4) is 0 Å². The van der Waals surface area contributed by atoms with Crippen molar-refractivity contribution >= 4 is 17.8 Å². The molecule has 0 saturated carbocycles. The quantitative estimate of drug-likeness (QED) is 0.791. The molecule has 1 aliphatic heterocycles. The first-order valence-corrected chi connectivity index (χ1v) is 5.76. The molecule has 72 valence electrons. The SMILES string of the molecule is Cc1coc(NC2CCSCC2)n1. The molecule has 1 N–H and O–H groups in total. The van der Waals surface area contributed by atoms with Crippen LogP contribution < -0.4 is 5.32 Å². The van der Waals surface area contributed by atoms with Crippen LogP contribution in [0.25, 0.3) is 0 Å². The molecule has 0 amide bonds. The second-order valence-corrected chi connectivity index (χ2v) is 4.55. The van der Waals surface area contributed by atoms with Crippen molar-refractivity contribution in [3.05, 3.63) is 12.0 Å². The maximum Gasteiger partial charge on any atom is 0.294 e. The Morgan fingerprint density at radius 2 is 2.31 bits per heavy atom. The predicted molar refractivity (Wildman–Crippen MR) is 55.2 cm³/mol. The summed E-state index contributed by atoms with van der Waals surface area (Å²) in [5.74, 6) is 2.49. The number of oxazole rings is 1. The smallest absolute Gasteiger partial charge is 0.294 e. The van der Waals surface area contributed by atoms with Crippen LogP contribution in [0.5, 0.6) is 0 Å². The Balaban J connectivity index is 1.89. The Bertz CT molecular complexity index is 268. The van der Waals surface area contributed by atoms with E-state index in [4.69, 9.17) is 4.42 Å². The summed E-state index contributed by atoms with van der Waals surface area (Å²) in [6.45, 7) is 1.94. The second kappa shape index (κ2) is 4.05. The van der Waals surface area contributed by atoms with Crippen LogP contribution in [-0.2, 0) is 0 Å². The Morgan fingerprint density at radius 1 is 1.54 bits per heavy atom. The monoisotopic (exact) mass is 198 g/mol. The highest BCUT2D eigenvalue weighted by molar-refractivity contribution is 7.99. The molecule has 1 fully saturated rings. The summed E-state index contributed by atoms with van der Waals surface area (Å²) >= 11 is 2.02. The maximum absolute atomic E-state index is 5.24. The molecule has 0 radical (unpaired) electrons. The van der Waals surface area contributed by atoms with Crippen molar-refractivity contribution in [3.8, 4) is 0 Å². The van der Waals surface area contributed by atoms with Crippen molar-refractivity contribution < 1.29 is 4.42 Å². The zero-order valence-electron chi connectivity index (χ0n) is 7.75. The third kappa shape index (κ3) is 2.40. The van der Waals surface area contributed by atoms with E-state index < -0.39 is 0 Å². The van der Waals surface area contributed by atoms with Crippen LogP contribution in [0.1, 0.15) is 18.5 Å². The molecule has 0 atom stereocenters. The van der Waals surface area contributed by atoms with Gasteiger partial charge in [-0.25, -0.2) is 0 Å². The van der Waals surface area contributed by atoms with Gasteiger partial charge in [0.2, 0.25) is 0 Å². The van der Waals surface area contributed by atoms with Gasteiger partial charge in [0.05, 0.1) is 5.69 Å². The summed E-state index contributed by atoms with van der Waals surface area (Å²) < 4.78 is 5.24. The lowest BCUT2D eigenvalue weighted by Gasteiger charge is -2.21. The van der Waals surface area contributed by atoms with E-state index in [1.165, 1.54) is 24.3 Å². The Hall–Kier alpha value is -0.640. The minimum Gasteiger partial charge on any atom is -0.432 e. The van der Waals surface area contributed by atoms with E-state index in [0.29, 0.717) is 12.1 Å². The molecule has 2 rings (SSSR count). The first-order chi connectivity index (χ1) is 6.34. The van der Waals surface area contributed by atoms with E-state index in [9.17, 15) is 0 Å². The summed E-state index contributed by atoms with van der Waals surface area (Å²) in [6, 6.07) is 1.23. The van der Waals surface area contributed by atoms with Crippen LogP contribution >= 0.6 is 11.8 Å². The normalized spacial score (nSPS) is 18.8. The lowest BCUT2D eigenvalue weighted by molar-refractivity contribution is 0.546. The van der Waals surface area contributed by atoms with Gasteiger partial charge >= 0.3 is 0 Å². The fourth-order valence-electron chi connectivity index (χ4n) is 1.44. The Kier molecular flexibility index (Phi) is 2.78. The molecule has 0 spiro atoms. The van der Waals surface area contributed by atoms with E-state index in [1.54, 1.807) is 6.26 Å². The maximum atomic E-state index is 5.24. The third-order valence-electron chi connectivity index (χ3n) is 2.17. The molecule has 4 heteroatoms. The number of hydrogen-bond acceptors (Lipinski definition) is 4. The van der Waals surface area contributed by atoms with Crippen molar-refractivity contribution in [2.45, 2.75) is 25.8 Å². The number of aromatic nitrogens is 1. The molecular formula is C9H14N2OS. The van der Waals surface area contributed by atoms with Gasteiger partial charge in [-0.2, -0.15) is 16.7 Å². The van der Waals surface area contributed by atoms with Gasteiger partial charge in [0.25, 0.3) is 6.01 Å². The Morgan fingerprint density at radius 3 is 2.92 bits per heavy atom. The standard InChI is InChI=1S/C9H14N2OS/c1-7-6-12-9(10-7)11-8-2-4-13-5-3-8/h6,8H,2-5H2,1H3,(H,10,11). The molecule has 0 bridgehead atoms. The van der Waals surface area contributed by atoms with Crippen LogP contribution in [0.2, 0.25) is 0 Å². The summed E-state index contributed by atoms with van der Waals surface area (Å²) in [6.07, 6.45) is 4.11. The van der Waals surface area contributed by atoms with Crippen molar-refractivity contribution in [1.82, 2.24) is 4.98 Å². The summed E-state index contributed by atoms with van der Waals surface area (Å²) in [7, 11) is 0. The fraction of sp³-hybridized carbons (Fsp3) is 0.667. The molecule has 1 aliphatic rings. The number of thioether (sulfide) groups is 1. The van der Waals surface area contributed by atoms with Gasteiger partial charge in [-0.3, -0.25) is 0 Å². The van der Waals surface area contributed by atoms with E-state index in [1.807, 2.05) is 18.7 Å². The first kappa shape index (κ1) is 8.94. The minimum atomic E-state index is 0.555. The van der Waals surface area contributed by atoms with Gasteiger partial charge in [-0.1, -0.05) is 0 Å². The van der Waals surface area contributed by atoms with Crippen molar-refractivity contribution in [3.63, 3.8) is 0 Å². The lowest BCUT2D eigenvalue weighted by atomic mass is 10.2. The molecule has 13 heavy (non-hydrogen) atoms. The van der Waals surface area contributed by atoms with Crippen molar-refractivity contribution in [2.24, 2.45) is 0 Å². The van der Waals surface area contributed by atoms with Gasteiger partial charge in [-0.15, -0.1) is 0 Å². The predicted octanol–water partition coefficient (Wildman–Crippen LogP) is 2.29. The molecule has 3 nitrogen and oxygen atoms in total. The van der Waals surface area contributed by atoms with Gasteiger partial charge in [0.15, 0.2) is 0 Å². The lowest BCUT2D eigenvalue weighted by Crippen LogP contribution is -2.24. The van der Waals surface area contributed by atoms with E-state index in [2.05, 4.69) is 10.3 Å². The first-order valence-electron chi connectivity index (χ1n) is 4.61. The highest BCUT2D eigenvalue weighted by atomic mass is 32.2. The molecule has 0 aliphatic carbocycles. The van der Waals surface area contributed by atoms with Crippen molar-refractivity contribution in [1.29, 1.82) is 0 Å². The zero-order valence-corrected chi connectivity index (χ0v) is 8.56. The topological polar surface area (TPSA) is 38.1 Å². The molecular weight excluding hydrogens is 184 g/mol. The summed E-state index contributed by atoms with van der Waals surface area (Å²) in [5, 5.41) is 3.31. The second-order valence-electron chi connectivity index (χ2n) is 3.33. The fourth-order valence-corrected chi connectivity index (χ4v) is 2.54. The number of nitrogens with zero attached hydrogens (tertiary/aromatic N) is 1. The van der Waals surface area contributed by atoms with Crippen molar-refractivity contribution in [2.75, 3.05) is 16.8 Å². The van der Waals surface area contributed by atoms with Crippen LogP contribution in [0.15, 0.2) is 10.7 Å². The van der Waals surface area contributed by atoms with Gasteiger partial charge in [0, 0.05) is 6.04 Å². The third-order valence-corrected chi connectivity index (χ3v) is 3.22. The number of anilines is 1. The zero-order chi connectivity index (χ0) is 9.10. The van der Waals surface area contributed by atoms with Crippen LogP contribution in [0, 0.1) is 6.92 Å². The molecule has 1 saturated heterocycles. The van der Waals surface area contributed by atoms with Gasteiger partial charge in [0.1, 0.15) is 6.26 Å².